The van der Waals surface area contributed by atoms with E-state index in [-0.39, 0.29) is 25.2 Å². The highest BCUT2D eigenvalue weighted by molar-refractivity contribution is 5.87. The van der Waals surface area contributed by atoms with Crippen molar-refractivity contribution < 1.29 is 48.3 Å². The minimum absolute atomic E-state index is 0.0569. The van der Waals surface area contributed by atoms with Crippen LogP contribution in [0.25, 0.3) is 0 Å². The average Bonchev–Trinajstić information content (AvgIpc) is 3.42. The summed E-state index contributed by atoms with van der Waals surface area (Å²) in [7, 11) is 0. The molecule has 478 valence electrons. The Hall–Kier alpha value is -5.58. The Labute approximate surface area is 507 Å². The second-order valence-electron chi connectivity index (χ2n) is 20.8. The molecular formula is C72H130O10. The fourth-order valence-electron chi connectivity index (χ4n) is 3.33. The largest absolute Gasteiger partial charge is 0.463 e. The molecule has 0 aliphatic heterocycles. The van der Waals surface area contributed by atoms with Crippen molar-refractivity contribution in [1.82, 2.24) is 0 Å². The standard InChI is InChI=1S/C8H14O3.2C8H10.C7H12O3.C7H12O2.C7H8.C6H10O2.2C5H12.C4H10.C3H8.2C2H6/c1-4-7(9)5-11-8(10)6(2)3;1-7-3-5-8(2)6-4-7;1-7-4-3-5-8(2)6-7;1-3-6(8)5-10-7(9)4-2;1-4-5-9-7(8)6(2)3;1-7-5-3-2-4-6-7;1-3-5-8-6(7)4-2;1-5(2,3)4;1-4-5(2)3;1-4(2)3;1-3-2;2*1-2/h7,9H,2,4-5H2,1,3H3;2*3-6H,1-2H3;4,6,8H,2-3,5H2,1H3;2,4-5H2,1,3H3;2-6H,1H3;4H,2-3,5H2,1H3;1-4H3;5H,4H2,1-3H3;4H,1-3H3;3H2,1-2H3;2*1-2H3. The first-order chi connectivity index (χ1) is 38.2. The first kappa shape index (κ1) is 98.5. The van der Waals surface area contributed by atoms with Crippen molar-refractivity contribution in [2.45, 2.75) is 238 Å². The Kier molecular flexibility index (Phi) is 90.6. The molecule has 3 aromatic rings. The number of carbonyl (C=O) groups is 4. The number of aryl methyl sites for hydroxylation is 5. The van der Waals surface area contributed by atoms with Crippen LogP contribution >= 0.6 is 0 Å². The maximum atomic E-state index is 10.7. The number of hydrogen-bond donors (Lipinski definition) is 2. The molecule has 0 aliphatic carbocycles. The van der Waals surface area contributed by atoms with Gasteiger partial charge in [0, 0.05) is 23.3 Å². The molecule has 3 aromatic carbocycles. The number of rotatable bonds is 15. The van der Waals surface area contributed by atoms with Crippen LogP contribution in [0.1, 0.15) is 219 Å². The fraction of sp³-hybridized carbons (Fsp3) is 0.583. The first-order valence-corrected chi connectivity index (χ1v) is 29.8. The summed E-state index contributed by atoms with van der Waals surface area (Å²) < 4.78 is 18.5. The van der Waals surface area contributed by atoms with Crippen molar-refractivity contribution >= 4 is 23.9 Å². The van der Waals surface area contributed by atoms with Crippen molar-refractivity contribution in [2.24, 2.45) is 17.3 Å². The molecule has 0 aliphatic rings. The van der Waals surface area contributed by atoms with E-state index in [2.05, 4.69) is 219 Å². The third-order valence-corrected chi connectivity index (χ3v) is 7.83. The van der Waals surface area contributed by atoms with Crippen LogP contribution in [0.15, 0.2) is 128 Å². The molecule has 10 nitrogen and oxygen atoms in total. The van der Waals surface area contributed by atoms with Crippen molar-refractivity contribution in [3.8, 4) is 0 Å². The summed E-state index contributed by atoms with van der Waals surface area (Å²) in [6, 6.07) is 27.2. The molecule has 82 heavy (non-hydrogen) atoms. The molecule has 2 unspecified atom stereocenters. The highest BCUT2D eigenvalue weighted by Gasteiger charge is 2.06. The zero-order valence-electron chi connectivity index (χ0n) is 58.0. The van der Waals surface area contributed by atoms with E-state index >= 15 is 0 Å². The molecule has 0 radical (unpaired) electrons. The van der Waals surface area contributed by atoms with E-state index in [0.717, 1.165) is 36.8 Å². The summed E-state index contributed by atoms with van der Waals surface area (Å²) in [5, 5.41) is 17.9. The lowest BCUT2D eigenvalue weighted by Gasteiger charge is -2.07. The molecule has 0 saturated heterocycles. The molecule has 0 heterocycles. The Balaban J connectivity index is -0.0000000875. The van der Waals surface area contributed by atoms with Crippen LogP contribution in [-0.2, 0) is 38.1 Å². The highest BCUT2D eigenvalue weighted by Crippen LogP contribution is 2.08. The lowest BCUT2D eigenvalue weighted by molar-refractivity contribution is -0.142. The SMILES string of the molecule is C=C(C)C(=O)OCC(O)CC.C=C(C)C(=O)OCCC.C=CC(=O)OCC(O)CC.C=CC(=O)OCCC.CC.CC.CC(C)(C)C.CC(C)C.CCC.CCC(C)C.Cc1ccc(C)cc1.Cc1cccc(C)c1.Cc1ccccc1. The van der Waals surface area contributed by atoms with Gasteiger partial charge in [-0.2, -0.15) is 0 Å². The molecule has 2 N–H and O–H groups in total. The number of carbonyl (C=O) groups excluding carboxylic acids is 4. The van der Waals surface area contributed by atoms with E-state index < -0.39 is 24.1 Å². The summed E-state index contributed by atoms with van der Waals surface area (Å²) in [5.41, 5.74) is 7.97. The van der Waals surface area contributed by atoms with Gasteiger partial charge in [-0.05, 0) is 91.4 Å². The summed E-state index contributed by atoms with van der Waals surface area (Å²) in [5.74, 6) is 0.142. The van der Waals surface area contributed by atoms with E-state index in [1.165, 1.54) is 40.7 Å². The molecular weight excluding hydrogens is 1020 g/mol. The molecule has 10 heteroatoms. The van der Waals surface area contributed by atoms with Crippen LogP contribution in [0.2, 0.25) is 0 Å². The van der Waals surface area contributed by atoms with E-state index in [9.17, 15) is 19.2 Å². The van der Waals surface area contributed by atoms with Gasteiger partial charge in [-0.1, -0.05) is 284 Å². The van der Waals surface area contributed by atoms with Crippen molar-refractivity contribution in [3.05, 3.63) is 156 Å². The highest BCUT2D eigenvalue weighted by atomic mass is 16.5. The Morgan fingerprint density at radius 2 is 0.756 bits per heavy atom. The number of aliphatic hydroxyl groups is 2. The smallest absolute Gasteiger partial charge is 0.333 e. The predicted molar refractivity (Wildman–Crippen MR) is 359 cm³/mol. The van der Waals surface area contributed by atoms with E-state index in [1.54, 1.807) is 13.8 Å². The monoisotopic (exact) mass is 1150 g/mol. The third kappa shape index (κ3) is 118. The second kappa shape index (κ2) is 75.4. The van der Waals surface area contributed by atoms with Gasteiger partial charge in [0.1, 0.15) is 13.2 Å². The Bertz CT molecular complexity index is 1810. The number of ether oxygens (including phenoxy) is 4. The van der Waals surface area contributed by atoms with Gasteiger partial charge in [-0.15, -0.1) is 0 Å². The van der Waals surface area contributed by atoms with Gasteiger partial charge in [0.25, 0.3) is 0 Å². The quantitative estimate of drug-likeness (QED) is 0.0857. The third-order valence-electron chi connectivity index (χ3n) is 7.83. The van der Waals surface area contributed by atoms with Crippen LogP contribution in [0, 0.1) is 51.9 Å². The van der Waals surface area contributed by atoms with Crippen LogP contribution in [-0.4, -0.2) is 72.7 Å². The topological polar surface area (TPSA) is 146 Å². The molecule has 0 fully saturated rings. The van der Waals surface area contributed by atoms with Gasteiger partial charge < -0.3 is 29.2 Å². The van der Waals surface area contributed by atoms with Gasteiger partial charge in [0.05, 0.1) is 25.4 Å². The van der Waals surface area contributed by atoms with E-state index in [0.29, 0.717) is 42.6 Å². The number of aliphatic hydroxyl groups excluding tert-OH is 2. The molecule has 0 aromatic heterocycles. The maximum absolute atomic E-state index is 10.7. The van der Waals surface area contributed by atoms with Gasteiger partial charge in [0.15, 0.2) is 0 Å². The second-order valence-corrected chi connectivity index (χ2v) is 20.8. The molecule has 0 bridgehead atoms. The van der Waals surface area contributed by atoms with Crippen LogP contribution in [0.4, 0.5) is 0 Å². The minimum Gasteiger partial charge on any atom is -0.463 e. The number of benzene rings is 3. The zero-order chi connectivity index (χ0) is 66.7. The Morgan fingerprint density at radius 3 is 0.988 bits per heavy atom. The molecule has 2 atom stereocenters. The molecule has 0 amide bonds. The number of esters is 4. The summed E-state index contributed by atoms with van der Waals surface area (Å²) in [6.45, 7) is 69.7. The lowest BCUT2D eigenvalue weighted by atomic mass is 10.0. The zero-order valence-corrected chi connectivity index (χ0v) is 58.0. The van der Waals surface area contributed by atoms with Gasteiger partial charge in [-0.3, -0.25) is 0 Å². The molecule has 0 saturated carbocycles. The van der Waals surface area contributed by atoms with Crippen LogP contribution < -0.4 is 0 Å². The normalized spacial score (nSPS) is 9.55. The van der Waals surface area contributed by atoms with Gasteiger partial charge in [-0.25, -0.2) is 19.2 Å². The fourth-order valence-corrected chi connectivity index (χ4v) is 3.33. The van der Waals surface area contributed by atoms with Crippen molar-refractivity contribution in [1.29, 1.82) is 0 Å². The van der Waals surface area contributed by atoms with Crippen molar-refractivity contribution in [3.63, 3.8) is 0 Å². The summed E-state index contributed by atoms with van der Waals surface area (Å²) in [4.78, 5) is 41.9. The van der Waals surface area contributed by atoms with Gasteiger partial charge >= 0.3 is 23.9 Å². The average molecular weight is 1160 g/mol. The van der Waals surface area contributed by atoms with E-state index in [4.69, 9.17) is 14.9 Å². The maximum Gasteiger partial charge on any atom is 0.333 e. The lowest BCUT2D eigenvalue weighted by Crippen LogP contribution is -2.17. The molecule has 3 rings (SSSR count). The number of hydrogen-bond acceptors (Lipinski definition) is 10. The van der Waals surface area contributed by atoms with Crippen molar-refractivity contribution in [2.75, 3.05) is 26.4 Å². The van der Waals surface area contributed by atoms with E-state index in [1.807, 2.05) is 73.6 Å². The predicted octanol–water partition coefficient (Wildman–Crippen LogP) is 19.8. The van der Waals surface area contributed by atoms with Crippen LogP contribution in [0.3, 0.4) is 0 Å². The summed E-state index contributed by atoms with van der Waals surface area (Å²) in [6.07, 6.45) is 6.58. The van der Waals surface area contributed by atoms with Crippen LogP contribution in [0.5, 0.6) is 0 Å². The van der Waals surface area contributed by atoms with Gasteiger partial charge in [0.2, 0.25) is 0 Å². The minimum atomic E-state index is -0.557. The Morgan fingerprint density at radius 1 is 0.488 bits per heavy atom. The first-order valence-electron chi connectivity index (χ1n) is 29.8. The molecule has 0 spiro atoms. The summed E-state index contributed by atoms with van der Waals surface area (Å²) >= 11 is 0.